The summed E-state index contributed by atoms with van der Waals surface area (Å²) >= 11 is 0. The monoisotopic (exact) mass is 366 g/mol. The fourth-order valence-corrected chi connectivity index (χ4v) is 4.31. The minimum atomic E-state index is -0.480. The van der Waals surface area contributed by atoms with E-state index in [4.69, 9.17) is 4.74 Å². The van der Waals surface area contributed by atoms with Crippen molar-refractivity contribution in [2.75, 3.05) is 6.61 Å². The molecule has 0 aromatic rings. The lowest BCUT2D eigenvalue weighted by atomic mass is 9.71. The molecule has 0 bridgehead atoms. The predicted octanol–water partition coefficient (Wildman–Crippen LogP) is 4.20. The van der Waals surface area contributed by atoms with E-state index in [2.05, 4.69) is 26.8 Å². The van der Waals surface area contributed by atoms with E-state index in [-0.39, 0.29) is 47.6 Å². The second kappa shape index (κ2) is 9.80. The Labute approximate surface area is 159 Å². The number of ketones is 2. The third kappa shape index (κ3) is 5.04. The predicted molar refractivity (Wildman–Crippen MR) is 105 cm³/mol. The van der Waals surface area contributed by atoms with Gasteiger partial charge in [-0.05, 0) is 32.1 Å². The number of aliphatic hydroxyl groups is 1. The van der Waals surface area contributed by atoms with Crippen LogP contribution in [0.25, 0.3) is 0 Å². The van der Waals surface area contributed by atoms with Gasteiger partial charge in [-0.1, -0.05) is 46.8 Å². The normalized spacial score (nSPS) is 28.4. The van der Waals surface area contributed by atoms with Crippen molar-refractivity contribution >= 4 is 11.6 Å². The highest BCUT2D eigenvalue weighted by Gasteiger charge is 2.59. The number of hydrogen-bond acceptors (Lipinski definition) is 4. The highest BCUT2D eigenvalue weighted by Crippen LogP contribution is 2.50. The molecule has 0 saturated carbocycles. The van der Waals surface area contributed by atoms with Crippen molar-refractivity contribution in [3.8, 4) is 0 Å². The Kier molecular flexibility index (Phi) is 8.68. The number of aliphatic hydroxyl groups excluding tert-OH is 1. The third-order valence-electron chi connectivity index (χ3n) is 6.37. The van der Waals surface area contributed by atoms with Crippen molar-refractivity contribution in [2.24, 2.45) is 29.6 Å². The molecule has 1 aliphatic heterocycles. The first-order valence-electron chi connectivity index (χ1n) is 10.1. The van der Waals surface area contributed by atoms with Crippen molar-refractivity contribution in [1.29, 1.82) is 0 Å². The van der Waals surface area contributed by atoms with Crippen molar-refractivity contribution in [3.05, 3.63) is 12.2 Å². The summed E-state index contributed by atoms with van der Waals surface area (Å²) in [7, 11) is 0. The molecular weight excluding hydrogens is 328 g/mol. The molecule has 26 heavy (non-hydrogen) atoms. The van der Waals surface area contributed by atoms with E-state index in [1.165, 1.54) is 0 Å². The van der Waals surface area contributed by atoms with Crippen LogP contribution in [0.5, 0.6) is 0 Å². The molecule has 0 amide bonds. The van der Waals surface area contributed by atoms with Crippen molar-refractivity contribution in [3.63, 3.8) is 0 Å². The molecule has 1 heterocycles. The van der Waals surface area contributed by atoms with Gasteiger partial charge in [-0.3, -0.25) is 9.59 Å². The van der Waals surface area contributed by atoms with Crippen LogP contribution in [0.3, 0.4) is 0 Å². The molecule has 0 aliphatic carbocycles. The van der Waals surface area contributed by atoms with Crippen LogP contribution in [0.4, 0.5) is 0 Å². The first kappa shape index (κ1) is 23.0. The van der Waals surface area contributed by atoms with E-state index in [1.807, 2.05) is 33.8 Å². The molecule has 150 valence electrons. The zero-order valence-electron chi connectivity index (χ0n) is 17.6. The Morgan fingerprint density at radius 3 is 2.27 bits per heavy atom. The van der Waals surface area contributed by atoms with Crippen LogP contribution in [-0.4, -0.2) is 35.0 Å². The molecule has 1 N–H and O–H groups in total. The van der Waals surface area contributed by atoms with Gasteiger partial charge in [-0.25, -0.2) is 0 Å². The molecule has 0 spiro atoms. The van der Waals surface area contributed by atoms with E-state index in [0.717, 1.165) is 0 Å². The molecule has 1 saturated heterocycles. The fourth-order valence-electron chi connectivity index (χ4n) is 4.31. The maximum atomic E-state index is 13.2. The largest absolute Gasteiger partial charge is 0.396 e. The average Bonchev–Trinajstić information content (AvgIpc) is 3.29. The quantitative estimate of drug-likeness (QED) is 0.415. The van der Waals surface area contributed by atoms with Gasteiger partial charge in [0.2, 0.25) is 0 Å². The number of epoxide rings is 1. The van der Waals surface area contributed by atoms with Crippen molar-refractivity contribution < 1.29 is 19.4 Å². The lowest BCUT2D eigenvalue weighted by Gasteiger charge is -2.31. The second-order valence-corrected chi connectivity index (χ2v) is 8.18. The van der Waals surface area contributed by atoms with Crippen LogP contribution in [0.15, 0.2) is 12.2 Å². The summed E-state index contributed by atoms with van der Waals surface area (Å²) in [6, 6.07) is 0. The molecule has 0 radical (unpaired) electrons. The minimum Gasteiger partial charge on any atom is -0.396 e. The number of ether oxygens (including phenoxy) is 1. The summed E-state index contributed by atoms with van der Waals surface area (Å²) in [4.78, 5) is 25.0. The zero-order valence-corrected chi connectivity index (χ0v) is 17.6. The fraction of sp³-hybridized carbons (Fsp3) is 0.818. The molecule has 7 atom stereocenters. The Hall–Kier alpha value is -1.00. The molecule has 1 aliphatic rings. The van der Waals surface area contributed by atoms with Crippen molar-refractivity contribution in [2.45, 2.75) is 79.4 Å². The summed E-state index contributed by atoms with van der Waals surface area (Å²) in [5.41, 5.74) is -0.308. The Morgan fingerprint density at radius 2 is 1.81 bits per heavy atom. The smallest absolute Gasteiger partial charge is 0.141 e. The lowest BCUT2D eigenvalue weighted by molar-refractivity contribution is -0.133. The maximum absolute atomic E-state index is 13.2. The van der Waals surface area contributed by atoms with Crippen LogP contribution in [0.2, 0.25) is 0 Å². The van der Waals surface area contributed by atoms with Gasteiger partial charge < -0.3 is 9.84 Å². The van der Waals surface area contributed by atoms with Gasteiger partial charge in [-0.15, -0.1) is 0 Å². The second-order valence-electron chi connectivity index (χ2n) is 8.18. The van der Waals surface area contributed by atoms with Gasteiger partial charge in [0.25, 0.3) is 0 Å². The summed E-state index contributed by atoms with van der Waals surface area (Å²) < 4.78 is 6.05. The standard InChI is InChI=1S/C22H38O4/c1-8-11-14(4)21-22(7,26-21)16(6)18(10-3)20(25)19(13-23)15(5)12-17(24)9-2/h8,11,14-16,18-19,21,23H,9-10,12-13H2,1-7H3/b11-8-/t14-,15-,16-,18+,19-,21+,22+/m0/s1. The molecule has 1 fully saturated rings. The first-order chi connectivity index (χ1) is 12.2. The molecule has 0 aromatic heterocycles. The molecule has 4 nitrogen and oxygen atoms in total. The first-order valence-corrected chi connectivity index (χ1v) is 10.1. The van der Waals surface area contributed by atoms with Gasteiger partial charge >= 0.3 is 0 Å². The average molecular weight is 367 g/mol. The van der Waals surface area contributed by atoms with Gasteiger partial charge in [0.1, 0.15) is 11.6 Å². The van der Waals surface area contributed by atoms with Gasteiger partial charge in [0.05, 0.1) is 18.3 Å². The van der Waals surface area contributed by atoms with Crippen LogP contribution >= 0.6 is 0 Å². The number of rotatable bonds is 12. The highest BCUT2D eigenvalue weighted by molar-refractivity contribution is 5.85. The van der Waals surface area contributed by atoms with Crippen LogP contribution < -0.4 is 0 Å². The molecule has 0 aromatic carbocycles. The minimum absolute atomic E-state index is 0.0702. The number of allylic oxidation sites excluding steroid dienone is 1. The zero-order chi connectivity index (χ0) is 20.1. The topological polar surface area (TPSA) is 66.9 Å². The van der Waals surface area contributed by atoms with E-state index in [0.29, 0.717) is 25.2 Å². The molecule has 4 heteroatoms. The summed E-state index contributed by atoms with van der Waals surface area (Å²) in [6.07, 6.45) is 5.85. The third-order valence-corrected chi connectivity index (χ3v) is 6.37. The lowest BCUT2D eigenvalue weighted by Crippen LogP contribution is -2.39. The number of carbonyl (C=O) groups is 2. The molecule has 0 unspecified atom stereocenters. The Balaban J connectivity index is 2.88. The van der Waals surface area contributed by atoms with E-state index in [1.54, 1.807) is 0 Å². The van der Waals surface area contributed by atoms with Crippen molar-refractivity contribution in [1.82, 2.24) is 0 Å². The van der Waals surface area contributed by atoms with E-state index >= 15 is 0 Å². The number of hydrogen-bond donors (Lipinski definition) is 1. The molecule has 1 rings (SSSR count). The van der Waals surface area contributed by atoms with Gasteiger partial charge in [0.15, 0.2) is 0 Å². The van der Waals surface area contributed by atoms with Crippen LogP contribution in [0, 0.1) is 29.6 Å². The Bertz CT molecular complexity index is 512. The number of carbonyl (C=O) groups excluding carboxylic acids is 2. The maximum Gasteiger partial charge on any atom is 0.141 e. The summed E-state index contributed by atoms with van der Waals surface area (Å²) in [6.45, 7) is 13.9. The van der Waals surface area contributed by atoms with Gasteiger partial charge in [-0.2, -0.15) is 0 Å². The summed E-state index contributed by atoms with van der Waals surface area (Å²) in [5.74, 6) is -0.177. The molecular formula is C22H38O4. The number of Topliss-reactive ketones (excluding diaryl/α,β-unsaturated/α-hetero) is 2. The highest BCUT2D eigenvalue weighted by atomic mass is 16.6. The SMILES string of the molecule is C/C=C\[C@H](C)[C@H]1O[C@]1(C)[C@@H](C)[C@@H](CC)C(=O)[C@@H](CO)[C@@H](C)CC(=O)CC. The Morgan fingerprint density at radius 1 is 1.19 bits per heavy atom. The van der Waals surface area contributed by atoms with E-state index in [9.17, 15) is 14.7 Å². The summed E-state index contributed by atoms with van der Waals surface area (Å²) in [5, 5.41) is 9.83. The van der Waals surface area contributed by atoms with Crippen LogP contribution in [-0.2, 0) is 14.3 Å². The van der Waals surface area contributed by atoms with Gasteiger partial charge in [0, 0.05) is 30.6 Å². The van der Waals surface area contributed by atoms with E-state index < -0.39 is 5.92 Å². The van der Waals surface area contributed by atoms with Crippen LogP contribution in [0.1, 0.15) is 67.7 Å².